The zero-order chi connectivity index (χ0) is 10.7. The second-order valence-electron chi connectivity index (χ2n) is 2.82. The van der Waals surface area contributed by atoms with E-state index in [4.69, 9.17) is 5.11 Å². The first-order valence-corrected chi connectivity index (χ1v) is 3.85. The van der Waals surface area contributed by atoms with Crippen LogP contribution in [0.1, 0.15) is 18.1 Å². The van der Waals surface area contributed by atoms with Crippen molar-refractivity contribution < 1.29 is 23.8 Å². The molecule has 0 saturated carbocycles. The van der Waals surface area contributed by atoms with Crippen LogP contribution in [-0.4, -0.2) is 16.2 Å². The Morgan fingerprint density at radius 1 is 1.29 bits per heavy atom. The normalized spacial score (nSPS) is 12.5. The predicted molar refractivity (Wildman–Crippen MR) is 43.6 cm³/mol. The zero-order valence-corrected chi connectivity index (χ0v) is 7.08. The third-order valence-electron chi connectivity index (χ3n) is 1.64. The number of rotatable bonds is 3. The van der Waals surface area contributed by atoms with Crippen molar-refractivity contribution in [3.05, 3.63) is 35.4 Å². The van der Waals surface area contributed by atoms with Crippen molar-refractivity contribution in [2.75, 3.05) is 0 Å². The summed E-state index contributed by atoms with van der Waals surface area (Å²) in [6, 6.07) is 2.45. The van der Waals surface area contributed by atoms with Gasteiger partial charge in [-0.3, -0.25) is 4.79 Å². The summed E-state index contributed by atoms with van der Waals surface area (Å²) in [5.74, 6) is -2.92. The summed E-state index contributed by atoms with van der Waals surface area (Å²) in [5.41, 5.74) is -0.0788. The number of aliphatic hydroxyl groups excluding tert-OH is 1. The molecule has 1 atom stereocenters. The Hall–Kier alpha value is -1.49. The molecule has 0 aliphatic rings. The number of carboxylic acid groups (broad SMARTS) is 1. The van der Waals surface area contributed by atoms with Crippen molar-refractivity contribution in [2.45, 2.75) is 12.5 Å². The smallest absolute Gasteiger partial charge is 0.306 e. The van der Waals surface area contributed by atoms with Crippen molar-refractivity contribution in [2.24, 2.45) is 0 Å². The van der Waals surface area contributed by atoms with Gasteiger partial charge in [0.05, 0.1) is 12.5 Å². The van der Waals surface area contributed by atoms with Crippen LogP contribution in [-0.2, 0) is 4.79 Å². The zero-order valence-electron chi connectivity index (χ0n) is 7.08. The molecule has 0 radical (unpaired) electrons. The largest absolute Gasteiger partial charge is 0.481 e. The number of hydrogen-bond donors (Lipinski definition) is 2. The maximum Gasteiger partial charge on any atom is 0.306 e. The van der Waals surface area contributed by atoms with Crippen molar-refractivity contribution in [1.29, 1.82) is 0 Å². The van der Waals surface area contributed by atoms with Gasteiger partial charge in [-0.2, -0.15) is 0 Å². The molecule has 0 fully saturated rings. The lowest BCUT2D eigenvalue weighted by Crippen LogP contribution is -2.06. The predicted octanol–water partition coefficient (Wildman–Crippen LogP) is 1.47. The van der Waals surface area contributed by atoms with Gasteiger partial charge in [-0.1, -0.05) is 0 Å². The number of benzene rings is 1. The summed E-state index contributed by atoms with van der Waals surface area (Å²) in [6.07, 6.45) is -1.97. The number of aliphatic carboxylic acids is 1. The van der Waals surface area contributed by atoms with Gasteiger partial charge >= 0.3 is 5.97 Å². The van der Waals surface area contributed by atoms with E-state index in [-0.39, 0.29) is 5.56 Å². The summed E-state index contributed by atoms with van der Waals surface area (Å²) < 4.78 is 25.3. The fourth-order valence-electron chi connectivity index (χ4n) is 1.05. The average molecular weight is 202 g/mol. The van der Waals surface area contributed by atoms with Crippen LogP contribution in [0.25, 0.3) is 0 Å². The highest BCUT2D eigenvalue weighted by Gasteiger charge is 2.13. The van der Waals surface area contributed by atoms with Gasteiger partial charge in [0.15, 0.2) is 0 Å². The maximum absolute atomic E-state index is 12.6. The van der Waals surface area contributed by atoms with E-state index in [9.17, 15) is 18.7 Å². The third-order valence-corrected chi connectivity index (χ3v) is 1.64. The molecule has 1 rings (SSSR count). The molecule has 1 aromatic carbocycles. The van der Waals surface area contributed by atoms with E-state index in [0.717, 1.165) is 12.1 Å². The fraction of sp³-hybridized carbons (Fsp3) is 0.222. The fourth-order valence-corrected chi connectivity index (χ4v) is 1.05. The summed E-state index contributed by atoms with van der Waals surface area (Å²) >= 11 is 0. The topological polar surface area (TPSA) is 57.5 Å². The Labute approximate surface area is 78.6 Å². The molecule has 1 aromatic rings. The Balaban J connectivity index is 2.89. The van der Waals surface area contributed by atoms with Crippen LogP contribution in [0.15, 0.2) is 18.2 Å². The molecule has 2 N–H and O–H groups in total. The number of aliphatic hydroxyl groups is 1. The molecule has 0 amide bonds. The van der Waals surface area contributed by atoms with Crippen LogP contribution in [0, 0.1) is 11.6 Å². The summed E-state index contributed by atoms with van der Waals surface area (Å²) in [4.78, 5) is 10.2. The molecule has 76 valence electrons. The Kier molecular flexibility index (Phi) is 3.14. The molecule has 14 heavy (non-hydrogen) atoms. The standard InChI is InChI=1S/C9H8F2O3/c10-6-1-5(2-7(11)3-6)8(12)4-9(13)14/h1-3,8,12H,4H2,(H,13,14). The van der Waals surface area contributed by atoms with Gasteiger partial charge in [0, 0.05) is 6.07 Å². The molecule has 0 aliphatic carbocycles. The number of carboxylic acids is 1. The van der Waals surface area contributed by atoms with E-state index < -0.39 is 30.1 Å². The highest BCUT2D eigenvalue weighted by atomic mass is 19.1. The van der Waals surface area contributed by atoms with Crippen LogP contribution >= 0.6 is 0 Å². The van der Waals surface area contributed by atoms with Crippen molar-refractivity contribution in [3.63, 3.8) is 0 Å². The Morgan fingerprint density at radius 2 is 1.79 bits per heavy atom. The van der Waals surface area contributed by atoms with E-state index in [1.807, 2.05) is 0 Å². The van der Waals surface area contributed by atoms with Gasteiger partial charge in [0.2, 0.25) is 0 Å². The second-order valence-corrected chi connectivity index (χ2v) is 2.82. The van der Waals surface area contributed by atoms with E-state index in [2.05, 4.69) is 0 Å². The minimum absolute atomic E-state index is 0.0788. The minimum atomic E-state index is -1.39. The molecular weight excluding hydrogens is 194 g/mol. The molecule has 0 aromatic heterocycles. The molecular formula is C9H8F2O3. The highest BCUT2D eigenvalue weighted by molar-refractivity contribution is 5.67. The maximum atomic E-state index is 12.6. The number of hydrogen-bond acceptors (Lipinski definition) is 2. The number of halogens is 2. The third kappa shape index (κ3) is 2.77. The summed E-state index contributed by atoms with van der Waals surface area (Å²) in [7, 11) is 0. The average Bonchev–Trinajstić information content (AvgIpc) is 2.00. The van der Waals surface area contributed by atoms with Gasteiger partial charge in [0.25, 0.3) is 0 Å². The number of carbonyl (C=O) groups is 1. The highest BCUT2D eigenvalue weighted by Crippen LogP contribution is 2.18. The van der Waals surface area contributed by atoms with Crippen molar-refractivity contribution in [1.82, 2.24) is 0 Å². The first-order chi connectivity index (χ1) is 6.49. The molecule has 0 aliphatic heterocycles. The lowest BCUT2D eigenvalue weighted by atomic mass is 10.1. The van der Waals surface area contributed by atoms with E-state index in [1.54, 1.807) is 0 Å². The van der Waals surface area contributed by atoms with Crippen LogP contribution in [0.5, 0.6) is 0 Å². The quantitative estimate of drug-likeness (QED) is 0.780. The van der Waals surface area contributed by atoms with Crippen LogP contribution < -0.4 is 0 Å². The minimum Gasteiger partial charge on any atom is -0.481 e. The second kappa shape index (κ2) is 4.15. The Bertz CT molecular complexity index is 332. The molecule has 5 heteroatoms. The van der Waals surface area contributed by atoms with Crippen LogP contribution in [0.4, 0.5) is 8.78 Å². The van der Waals surface area contributed by atoms with Gasteiger partial charge in [-0.05, 0) is 17.7 Å². The first kappa shape index (κ1) is 10.6. The van der Waals surface area contributed by atoms with Crippen molar-refractivity contribution >= 4 is 5.97 Å². The summed E-state index contributed by atoms with van der Waals surface area (Å²) in [6.45, 7) is 0. The Morgan fingerprint density at radius 3 is 2.21 bits per heavy atom. The molecule has 0 saturated heterocycles. The molecule has 0 heterocycles. The van der Waals surface area contributed by atoms with Crippen LogP contribution in [0.2, 0.25) is 0 Å². The first-order valence-electron chi connectivity index (χ1n) is 3.85. The molecule has 1 unspecified atom stereocenters. The van der Waals surface area contributed by atoms with Crippen molar-refractivity contribution in [3.8, 4) is 0 Å². The summed E-state index contributed by atoms with van der Waals surface area (Å²) in [5, 5.41) is 17.6. The van der Waals surface area contributed by atoms with Crippen LogP contribution in [0.3, 0.4) is 0 Å². The van der Waals surface area contributed by atoms with Gasteiger partial charge in [-0.25, -0.2) is 8.78 Å². The van der Waals surface area contributed by atoms with E-state index in [1.165, 1.54) is 0 Å². The van der Waals surface area contributed by atoms with Gasteiger partial charge in [-0.15, -0.1) is 0 Å². The van der Waals surface area contributed by atoms with Gasteiger partial charge in [0.1, 0.15) is 11.6 Å². The van der Waals surface area contributed by atoms with Gasteiger partial charge < -0.3 is 10.2 Å². The SMILES string of the molecule is O=C(O)CC(O)c1cc(F)cc(F)c1. The monoisotopic (exact) mass is 202 g/mol. The molecule has 0 spiro atoms. The molecule has 3 nitrogen and oxygen atoms in total. The molecule has 0 bridgehead atoms. The van der Waals surface area contributed by atoms with E-state index >= 15 is 0 Å². The lowest BCUT2D eigenvalue weighted by molar-refractivity contribution is -0.139. The van der Waals surface area contributed by atoms with E-state index in [0.29, 0.717) is 6.07 Å². The lowest BCUT2D eigenvalue weighted by Gasteiger charge is -2.07.